The van der Waals surface area contributed by atoms with Crippen molar-refractivity contribution in [1.82, 2.24) is 4.98 Å². The van der Waals surface area contributed by atoms with Crippen molar-refractivity contribution in [3.05, 3.63) is 73.4 Å². The summed E-state index contributed by atoms with van der Waals surface area (Å²) in [5, 5.41) is 11.2. The average molecular weight is 582 g/mol. The van der Waals surface area contributed by atoms with Crippen molar-refractivity contribution in [2.75, 3.05) is 0 Å². The number of phenols is 1. The highest BCUT2D eigenvalue weighted by molar-refractivity contribution is 14.1. The Labute approximate surface area is 182 Å². The predicted molar refractivity (Wildman–Crippen MR) is 126 cm³/mol. The Balaban J connectivity index is 1.60. The minimum absolute atomic E-state index is 0.265. The van der Waals surface area contributed by atoms with E-state index in [-0.39, 0.29) is 5.75 Å². The molecule has 0 spiro atoms. The summed E-state index contributed by atoms with van der Waals surface area (Å²) in [4.78, 5) is 9.17. The van der Waals surface area contributed by atoms with Crippen LogP contribution in [-0.2, 0) is 0 Å². The fraction of sp³-hybridized carbons (Fsp3) is 0. The number of hydrogen-bond donors (Lipinski definition) is 1. The lowest BCUT2D eigenvalue weighted by Gasteiger charge is -2.03. The van der Waals surface area contributed by atoms with E-state index in [1.165, 1.54) is 4.70 Å². The van der Waals surface area contributed by atoms with Crippen LogP contribution in [-0.4, -0.2) is 16.3 Å². The molecule has 0 amide bonds. The molecule has 1 N–H and O–H groups in total. The van der Waals surface area contributed by atoms with Gasteiger partial charge in [-0.2, -0.15) is 0 Å². The van der Waals surface area contributed by atoms with E-state index in [4.69, 9.17) is 0 Å². The maximum Gasteiger partial charge on any atom is 0.137 e. The van der Waals surface area contributed by atoms with Gasteiger partial charge in [0.1, 0.15) is 10.8 Å². The minimum atomic E-state index is 0.265. The molecular weight excluding hydrogens is 570 g/mol. The Morgan fingerprint density at radius 3 is 2.54 bits per heavy atom. The molecule has 26 heavy (non-hydrogen) atoms. The second-order valence-electron chi connectivity index (χ2n) is 5.62. The zero-order valence-electron chi connectivity index (χ0n) is 13.4. The van der Waals surface area contributed by atoms with Gasteiger partial charge in [-0.1, -0.05) is 12.1 Å². The van der Waals surface area contributed by atoms with Crippen LogP contribution in [0.1, 0.15) is 5.56 Å². The normalized spacial score (nSPS) is 11.5. The van der Waals surface area contributed by atoms with Gasteiger partial charge in [-0.3, -0.25) is 4.99 Å². The molecule has 0 fully saturated rings. The second-order valence-corrected chi connectivity index (χ2v) is 9.06. The molecule has 0 radical (unpaired) electrons. The summed E-state index contributed by atoms with van der Waals surface area (Å²) in [7, 11) is 0. The van der Waals surface area contributed by atoms with Gasteiger partial charge in [-0.05, 0) is 93.7 Å². The Morgan fingerprint density at radius 1 is 1.00 bits per heavy atom. The zero-order chi connectivity index (χ0) is 18.1. The van der Waals surface area contributed by atoms with Crippen molar-refractivity contribution in [2.24, 2.45) is 4.99 Å². The monoisotopic (exact) mass is 582 g/mol. The van der Waals surface area contributed by atoms with Gasteiger partial charge in [-0.15, -0.1) is 11.3 Å². The number of aliphatic imine (C=N–C) groups is 1. The number of aromatic nitrogens is 1. The van der Waals surface area contributed by atoms with Gasteiger partial charge in [0.25, 0.3) is 0 Å². The number of hydrogen-bond acceptors (Lipinski definition) is 4. The molecule has 0 atom stereocenters. The molecule has 0 unspecified atom stereocenters. The molecular formula is C20H12I2N2OS. The SMILES string of the molecule is Oc1c(I)cc(I)cc1C=Nc1ccc(-c2nc3ccccc3s2)cc1. The zero-order valence-corrected chi connectivity index (χ0v) is 18.5. The predicted octanol–water partition coefficient (Wildman–Crippen LogP) is 6.63. The third-order valence-corrected chi connectivity index (χ3v) is 6.35. The fourth-order valence-electron chi connectivity index (χ4n) is 2.51. The van der Waals surface area contributed by atoms with E-state index >= 15 is 0 Å². The number of phenolic OH excluding ortho intramolecular Hbond substituents is 1. The Morgan fingerprint density at radius 2 is 1.77 bits per heavy atom. The second kappa shape index (κ2) is 7.61. The van der Waals surface area contributed by atoms with Crippen molar-refractivity contribution >= 4 is 78.6 Å². The molecule has 4 rings (SSSR count). The van der Waals surface area contributed by atoms with Crippen LogP contribution in [0.25, 0.3) is 20.8 Å². The van der Waals surface area contributed by atoms with Crippen LogP contribution in [0, 0.1) is 7.14 Å². The molecule has 0 bridgehead atoms. The van der Waals surface area contributed by atoms with Crippen molar-refractivity contribution in [2.45, 2.75) is 0 Å². The Bertz CT molecular complexity index is 1090. The first-order chi connectivity index (χ1) is 12.6. The van der Waals surface area contributed by atoms with Crippen LogP contribution in [0.5, 0.6) is 5.75 Å². The van der Waals surface area contributed by atoms with E-state index < -0.39 is 0 Å². The smallest absolute Gasteiger partial charge is 0.137 e. The highest BCUT2D eigenvalue weighted by Crippen LogP contribution is 2.31. The van der Waals surface area contributed by atoms with Crippen LogP contribution in [0.3, 0.4) is 0 Å². The summed E-state index contributed by atoms with van der Waals surface area (Å²) in [5.41, 5.74) is 3.66. The summed E-state index contributed by atoms with van der Waals surface area (Å²) in [5.74, 6) is 0.265. The average Bonchev–Trinajstić information content (AvgIpc) is 3.08. The lowest BCUT2D eigenvalue weighted by atomic mass is 10.2. The van der Waals surface area contributed by atoms with E-state index in [0.29, 0.717) is 0 Å². The standard InChI is InChI=1S/C20H12I2N2OS/c21-14-9-13(19(25)16(22)10-14)11-23-15-7-5-12(6-8-15)20-24-17-3-1-2-4-18(17)26-20/h1-11,25H. The fourth-order valence-corrected chi connectivity index (χ4v) is 5.37. The first kappa shape index (κ1) is 17.9. The van der Waals surface area contributed by atoms with Gasteiger partial charge in [-0.25, -0.2) is 4.98 Å². The number of aromatic hydroxyl groups is 1. The molecule has 0 saturated heterocycles. The van der Waals surface area contributed by atoms with Gasteiger partial charge in [0, 0.05) is 20.9 Å². The first-order valence-electron chi connectivity index (χ1n) is 7.78. The molecule has 0 saturated carbocycles. The molecule has 0 aliphatic rings. The van der Waals surface area contributed by atoms with Crippen LogP contribution < -0.4 is 0 Å². The van der Waals surface area contributed by atoms with Crippen molar-refractivity contribution in [3.63, 3.8) is 0 Å². The van der Waals surface area contributed by atoms with Crippen LogP contribution in [0.2, 0.25) is 0 Å². The minimum Gasteiger partial charge on any atom is -0.506 e. The van der Waals surface area contributed by atoms with Crippen molar-refractivity contribution in [3.8, 4) is 16.3 Å². The number of rotatable bonds is 3. The third-order valence-electron chi connectivity index (χ3n) is 3.82. The highest BCUT2D eigenvalue weighted by atomic mass is 127. The Hall–Kier alpha value is -1.52. The van der Waals surface area contributed by atoms with Gasteiger partial charge in [0.05, 0.1) is 19.5 Å². The van der Waals surface area contributed by atoms with Crippen molar-refractivity contribution < 1.29 is 5.11 Å². The number of benzene rings is 3. The largest absolute Gasteiger partial charge is 0.506 e. The lowest BCUT2D eigenvalue weighted by molar-refractivity contribution is 0.470. The maximum atomic E-state index is 10.2. The molecule has 1 heterocycles. The molecule has 128 valence electrons. The maximum absolute atomic E-state index is 10.2. The number of thiazole rings is 1. The summed E-state index contributed by atoms with van der Waals surface area (Å²) in [6, 6.07) is 20.0. The van der Waals surface area contributed by atoms with E-state index in [0.717, 1.165) is 34.5 Å². The first-order valence-corrected chi connectivity index (χ1v) is 10.8. The number of nitrogens with zero attached hydrogens (tertiary/aromatic N) is 2. The van der Waals surface area contributed by atoms with E-state index in [9.17, 15) is 5.11 Å². The van der Waals surface area contributed by atoms with Crippen LogP contribution >= 0.6 is 56.5 Å². The van der Waals surface area contributed by atoms with Gasteiger partial charge >= 0.3 is 0 Å². The van der Waals surface area contributed by atoms with E-state index in [1.54, 1.807) is 17.6 Å². The summed E-state index contributed by atoms with van der Waals surface area (Å²) in [6.45, 7) is 0. The lowest BCUT2D eigenvalue weighted by Crippen LogP contribution is -1.87. The third kappa shape index (κ3) is 3.77. The number of para-hydroxylation sites is 1. The van der Waals surface area contributed by atoms with E-state index in [2.05, 4.69) is 61.2 Å². The van der Waals surface area contributed by atoms with Gasteiger partial charge in [0.2, 0.25) is 0 Å². The topological polar surface area (TPSA) is 45.5 Å². The molecule has 3 nitrogen and oxygen atoms in total. The van der Waals surface area contributed by atoms with Crippen LogP contribution in [0.4, 0.5) is 5.69 Å². The summed E-state index contributed by atoms with van der Waals surface area (Å²) >= 11 is 6.05. The van der Waals surface area contributed by atoms with Crippen LogP contribution in [0.15, 0.2) is 65.7 Å². The highest BCUT2D eigenvalue weighted by Gasteiger charge is 2.07. The quantitative estimate of drug-likeness (QED) is 0.218. The molecule has 0 aliphatic heterocycles. The molecule has 0 aliphatic carbocycles. The number of halogens is 2. The summed E-state index contributed by atoms with van der Waals surface area (Å²) < 4.78 is 3.08. The van der Waals surface area contributed by atoms with Gasteiger partial charge < -0.3 is 5.11 Å². The Kier molecular flexibility index (Phi) is 5.23. The molecule has 6 heteroatoms. The van der Waals surface area contributed by atoms with Crippen molar-refractivity contribution in [1.29, 1.82) is 0 Å². The number of fused-ring (bicyclic) bond motifs is 1. The molecule has 1 aromatic heterocycles. The van der Waals surface area contributed by atoms with E-state index in [1.807, 2.05) is 54.6 Å². The molecule has 3 aromatic carbocycles. The molecule has 4 aromatic rings. The van der Waals surface area contributed by atoms with Gasteiger partial charge in [0.15, 0.2) is 0 Å². The summed E-state index contributed by atoms with van der Waals surface area (Å²) in [6.07, 6.45) is 1.70.